The largest absolute Gasteiger partial charge is 0.443 e. The van der Waals surface area contributed by atoms with E-state index in [1.54, 1.807) is 12.1 Å². The Balaban J connectivity index is 2.88. The van der Waals surface area contributed by atoms with Crippen molar-refractivity contribution in [3.05, 3.63) is 35.6 Å². The Labute approximate surface area is 99.5 Å². The minimum atomic E-state index is -0.846. The Hall–Kier alpha value is -1.62. The van der Waals surface area contributed by atoms with Crippen LogP contribution in [0.25, 0.3) is 0 Å². The molecule has 1 amide bonds. The van der Waals surface area contributed by atoms with Crippen molar-refractivity contribution in [1.82, 2.24) is 0 Å². The summed E-state index contributed by atoms with van der Waals surface area (Å²) in [6.07, 6.45) is -1.23. The first kappa shape index (κ1) is 13.4. The first-order chi connectivity index (χ1) is 8.08. The highest BCUT2D eigenvalue weighted by Crippen LogP contribution is 2.25. The molecule has 0 saturated heterocycles. The maximum atomic E-state index is 12.8. The van der Waals surface area contributed by atoms with E-state index in [1.165, 1.54) is 19.2 Å². The van der Waals surface area contributed by atoms with Crippen LogP contribution < -0.4 is 5.73 Å². The SMILES string of the molecule is CC[C@@H](OC(N)=O)[C@H](OC)c1ccc(F)cc1. The second kappa shape index (κ2) is 6.20. The van der Waals surface area contributed by atoms with E-state index < -0.39 is 18.3 Å². The Bertz CT molecular complexity index is 367. The lowest BCUT2D eigenvalue weighted by Gasteiger charge is -2.24. The third kappa shape index (κ3) is 3.71. The number of hydrogen-bond donors (Lipinski definition) is 1. The summed E-state index contributed by atoms with van der Waals surface area (Å²) in [5.41, 5.74) is 5.72. The molecule has 0 radical (unpaired) electrons. The maximum absolute atomic E-state index is 12.8. The lowest BCUT2D eigenvalue weighted by atomic mass is 10.0. The van der Waals surface area contributed by atoms with E-state index in [0.717, 1.165) is 5.56 Å². The molecule has 0 spiro atoms. The highest BCUT2D eigenvalue weighted by molar-refractivity contribution is 5.64. The molecule has 17 heavy (non-hydrogen) atoms. The third-order valence-corrected chi connectivity index (χ3v) is 2.46. The molecule has 0 unspecified atom stereocenters. The summed E-state index contributed by atoms with van der Waals surface area (Å²) in [6, 6.07) is 5.85. The van der Waals surface area contributed by atoms with E-state index in [1.807, 2.05) is 6.92 Å². The van der Waals surface area contributed by atoms with Gasteiger partial charge in [-0.05, 0) is 24.1 Å². The topological polar surface area (TPSA) is 61.5 Å². The number of carbonyl (C=O) groups excluding carboxylic acids is 1. The van der Waals surface area contributed by atoms with Crippen LogP contribution in [0, 0.1) is 5.82 Å². The molecular formula is C12H16FNO3. The van der Waals surface area contributed by atoms with Crippen LogP contribution in [0.4, 0.5) is 9.18 Å². The number of primary amides is 1. The Morgan fingerprint density at radius 2 is 2.00 bits per heavy atom. The number of benzene rings is 1. The number of rotatable bonds is 5. The molecule has 4 nitrogen and oxygen atoms in total. The van der Waals surface area contributed by atoms with E-state index in [2.05, 4.69) is 0 Å². The van der Waals surface area contributed by atoms with Gasteiger partial charge in [0.15, 0.2) is 0 Å². The monoisotopic (exact) mass is 241 g/mol. The van der Waals surface area contributed by atoms with Crippen LogP contribution >= 0.6 is 0 Å². The van der Waals surface area contributed by atoms with E-state index in [9.17, 15) is 9.18 Å². The van der Waals surface area contributed by atoms with Gasteiger partial charge < -0.3 is 15.2 Å². The number of carbonyl (C=O) groups is 1. The predicted molar refractivity (Wildman–Crippen MR) is 60.9 cm³/mol. The van der Waals surface area contributed by atoms with Crippen LogP contribution in [0.5, 0.6) is 0 Å². The zero-order valence-corrected chi connectivity index (χ0v) is 9.85. The quantitative estimate of drug-likeness (QED) is 0.860. The fourth-order valence-electron chi connectivity index (χ4n) is 1.66. The number of halogens is 1. The van der Waals surface area contributed by atoms with Gasteiger partial charge in [0.05, 0.1) is 0 Å². The molecule has 5 heteroatoms. The second-order valence-corrected chi connectivity index (χ2v) is 3.59. The highest BCUT2D eigenvalue weighted by atomic mass is 19.1. The van der Waals surface area contributed by atoms with Crippen molar-refractivity contribution in [2.45, 2.75) is 25.6 Å². The Morgan fingerprint density at radius 1 is 1.41 bits per heavy atom. The standard InChI is InChI=1S/C12H16FNO3/c1-3-10(17-12(14)15)11(16-2)8-4-6-9(13)7-5-8/h4-7,10-11H,3H2,1-2H3,(H2,14,15)/t10-,11-/m1/s1. The molecule has 1 aromatic carbocycles. The fourth-order valence-corrected chi connectivity index (χ4v) is 1.66. The van der Waals surface area contributed by atoms with E-state index >= 15 is 0 Å². The minimum absolute atomic E-state index is 0.326. The molecular weight excluding hydrogens is 225 g/mol. The first-order valence-corrected chi connectivity index (χ1v) is 5.32. The molecule has 0 aliphatic rings. The van der Waals surface area contributed by atoms with Crippen molar-refractivity contribution in [2.24, 2.45) is 5.73 Å². The molecule has 0 bridgehead atoms. The molecule has 94 valence electrons. The van der Waals surface area contributed by atoms with Crippen molar-refractivity contribution >= 4 is 6.09 Å². The minimum Gasteiger partial charge on any atom is -0.443 e. The molecule has 0 fully saturated rings. The predicted octanol–water partition coefficient (Wildman–Crippen LogP) is 2.39. The highest BCUT2D eigenvalue weighted by Gasteiger charge is 2.24. The van der Waals surface area contributed by atoms with Gasteiger partial charge in [-0.1, -0.05) is 19.1 Å². The van der Waals surface area contributed by atoms with Crippen molar-refractivity contribution in [3.8, 4) is 0 Å². The molecule has 2 atom stereocenters. The lowest BCUT2D eigenvalue weighted by molar-refractivity contribution is -0.0227. The molecule has 0 aliphatic carbocycles. The van der Waals surface area contributed by atoms with Gasteiger partial charge in [-0.15, -0.1) is 0 Å². The van der Waals surface area contributed by atoms with Crippen LogP contribution in [0.15, 0.2) is 24.3 Å². The summed E-state index contributed by atoms with van der Waals surface area (Å²) in [5.74, 6) is -0.326. The zero-order valence-electron chi connectivity index (χ0n) is 9.85. The smallest absolute Gasteiger partial charge is 0.404 e. The molecule has 0 heterocycles. The number of hydrogen-bond acceptors (Lipinski definition) is 3. The average molecular weight is 241 g/mol. The van der Waals surface area contributed by atoms with Crippen molar-refractivity contribution in [3.63, 3.8) is 0 Å². The Kier molecular flexibility index (Phi) is 4.90. The van der Waals surface area contributed by atoms with Crippen molar-refractivity contribution < 1.29 is 18.7 Å². The molecule has 0 aliphatic heterocycles. The summed E-state index contributed by atoms with van der Waals surface area (Å²) in [6.45, 7) is 1.85. The molecule has 1 aromatic rings. The normalized spacial score (nSPS) is 14.1. The van der Waals surface area contributed by atoms with Gasteiger partial charge in [0.1, 0.15) is 18.0 Å². The number of nitrogens with two attached hydrogens (primary N) is 1. The fraction of sp³-hybridized carbons (Fsp3) is 0.417. The lowest BCUT2D eigenvalue weighted by Crippen LogP contribution is -2.29. The van der Waals surface area contributed by atoms with Gasteiger partial charge in [-0.25, -0.2) is 9.18 Å². The van der Waals surface area contributed by atoms with E-state index in [-0.39, 0.29) is 5.82 Å². The average Bonchev–Trinajstić information content (AvgIpc) is 2.30. The van der Waals surface area contributed by atoms with Gasteiger partial charge in [0.2, 0.25) is 0 Å². The summed E-state index contributed by atoms with van der Waals surface area (Å²) in [7, 11) is 1.50. The summed E-state index contributed by atoms with van der Waals surface area (Å²) >= 11 is 0. The zero-order chi connectivity index (χ0) is 12.8. The van der Waals surface area contributed by atoms with Gasteiger partial charge in [0.25, 0.3) is 0 Å². The number of amides is 1. The van der Waals surface area contributed by atoms with Crippen LogP contribution in [0.3, 0.4) is 0 Å². The molecule has 0 aromatic heterocycles. The summed E-state index contributed by atoms with van der Waals surface area (Å²) in [4.78, 5) is 10.8. The molecule has 0 saturated carbocycles. The van der Waals surface area contributed by atoms with Crippen molar-refractivity contribution in [1.29, 1.82) is 0 Å². The van der Waals surface area contributed by atoms with Crippen LogP contribution in [-0.4, -0.2) is 19.3 Å². The van der Waals surface area contributed by atoms with Gasteiger partial charge >= 0.3 is 6.09 Å². The Morgan fingerprint density at radius 3 is 2.41 bits per heavy atom. The van der Waals surface area contributed by atoms with Crippen LogP contribution in [0.1, 0.15) is 25.0 Å². The molecule has 1 rings (SSSR count). The summed E-state index contributed by atoms with van der Waals surface area (Å²) in [5, 5.41) is 0. The number of ether oxygens (including phenoxy) is 2. The third-order valence-electron chi connectivity index (χ3n) is 2.46. The van der Waals surface area contributed by atoms with Gasteiger partial charge in [0, 0.05) is 7.11 Å². The van der Waals surface area contributed by atoms with Gasteiger partial charge in [-0.3, -0.25) is 0 Å². The second-order valence-electron chi connectivity index (χ2n) is 3.59. The number of methoxy groups -OCH3 is 1. The first-order valence-electron chi connectivity index (χ1n) is 5.32. The summed E-state index contributed by atoms with van der Waals surface area (Å²) < 4.78 is 23.0. The molecule has 2 N–H and O–H groups in total. The van der Waals surface area contributed by atoms with Crippen molar-refractivity contribution in [2.75, 3.05) is 7.11 Å². The van der Waals surface area contributed by atoms with E-state index in [0.29, 0.717) is 6.42 Å². The van der Waals surface area contributed by atoms with Crippen LogP contribution in [0.2, 0.25) is 0 Å². The van der Waals surface area contributed by atoms with Gasteiger partial charge in [-0.2, -0.15) is 0 Å². The maximum Gasteiger partial charge on any atom is 0.404 e. The van der Waals surface area contributed by atoms with Crippen LogP contribution in [-0.2, 0) is 9.47 Å². The van der Waals surface area contributed by atoms with E-state index in [4.69, 9.17) is 15.2 Å².